The number of para-hydroxylation sites is 1. The fourth-order valence-electron chi connectivity index (χ4n) is 1.33. The van der Waals surface area contributed by atoms with E-state index in [1.54, 1.807) is 6.07 Å². The van der Waals surface area contributed by atoms with Gasteiger partial charge in [0.1, 0.15) is 0 Å². The summed E-state index contributed by atoms with van der Waals surface area (Å²) in [5, 5.41) is 0.656. The molecule has 0 atom stereocenters. The Morgan fingerprint density at radius 1 is 1.38 bits per heavy atom. The first-order valence-corrected chi connectivity index (χ1v) is 4.08. The second kappa shape index (κ2) is 3.01. The number of rotatable bonds is 1. The van der Waals surface area contributed by atoms with E-state index in [-0.39, 0.29) is 5.56 Å². The van der Waals surface area contributed by atoms with Crippen LogP contribution in [0.15, 0.2) is 35.4 Å². The Hall–Kier alpha value is -1.64. The summed E-state index contributed by atoms with van der Waals surface area (Å²) >= 11 is 0. The molecule has 0 saturated carbocycles. The van der Waals surface area contributed by atoms with Crippen molar-refractivity contribution >= 4 is 10.9 Å². The molecule has 2 aromatic rings. The molecule has 13 heavy (non-hydrogen) atoms. The zero-order chi connectivity index (χ0) is 9.26. The Kier molecular flexibility index (Phi) is 1.85. The molecule has 0 aliphatic heterocycles. The van der Waals surface area contributed by atoms with Crippen molar-refractivity contribution in [2.75, 3.05) is 0 Å². The molecule has 3 nitrogen and oxygen atoms in total. The van der Waals surface area contributed by atoms with Gasteiger partial charge in [0.25, 0.3) is 5.56 Å². The first-order valence-electron chi connectivity index (χ1n) is 4.08. The Balaban J connectivity index is 2.93. The van der Waals surface area contributed by atoms with Crippen LogP contribution in [0.25, 0.3) is 10.9 Å². The fourth-order valence-corrected chi connectivity index (χ4v) is 1.33. The molecule has 1 aromatic carbocycles. The first-order chi connectivity index (χ1) is 6.33. The van der Waals surface area contributed by atoms with Gasteiger partial charge < -0.3 is 4.57 Å². The lowest BCUT2D eigenvalue weighted by atomic mass is 10.2. The number of nitrogens with zero attached hydrogens (tertiary/aromatic N) is 2. The van der Waals surface area contributed by atoms with Crippen LogP contribution in [0, 0.1) is 6.54 Å². The maximum Gasteiger partial charge on any atom is 0.280 e. The SMILES string of the molecule is C[CH]n1cnc(=O)c2ccccc21. The molecule has 1 aromatic heterocycles. The highest BCUT2D eigenvalue weighted by molar-refractivity contribution is 5.77. The van der Waals surface area contributed by atoms with Crippen LogP contribution in [0.1, 0.15) is 6.92 Å². The monoisotopic (exact) mass is 173 g/mol. The second-order valence-electron chi connectivity index (χ2n) is 2.73. The van der Waals surface area contributed by atoms with Crippen molar-refractivity contribution in [2.45, 2.75) is 6.92 Å². The van der Waals surface area contributed by atoms with E-state index < -0.39 is 0 Å². The van der Waals surface area contributed by atoms with Crippen LogP contribution in [-0.2, 0) is 0 Å². The van der Waals surface area contributed by atoms with Gasteiger partial charge in [-0.15, -0.1) is 0 Å². The van der Waals surface area contributed by atoms with E-state index >= 15 is 0 Å². The Morgan fingerprint density at radius 3 is 2.92 bits per heavy atom. The van der Waals surface area contributed by atoms with Crippen LogP contribution in [0.4, 0.5) is 0 Å². The molecule has 2 rings (SSSR count). The second-order valence-corrected chi connectivity index (χ2v) is 2.73. The third kappa shape index (κ3) is 1.22. The van der Waals surface area contributed by atoms with E-state index in [1.165, 1.54) is 6.33 Å². The molecule has 0 spiro atoms. The Morgan fingerprint density at radius 2 is 2.15 bits per heavy atom. The Labute approximate surface area is 75.7 Å². The van der Waals surface area contributed by atoms with Crippen LogP contribution >= 0.6 is 0 Å². The summed E-state index contributed by atoms with van der Waals surface area (Å²) in [5.74, 6) is 0. The van der Waals surface area contributed by atoms with Crippen molar-refractivity contribution in [1.82, 2.24) is 9.55 Å². The van der Waals surface area contributed by atoms with Gasteiger partial charge in [0, 0.05) is 0 Å². The van der Waals surface area contributed by atoms with E-state index in [0.29, 0.717) is 5.39 Å². The van der Waals surface area contributed by atoms with Gasteiger partial charge in [-0.3, -0.25) is 4.79 Å². The van der Waals surface area contributed by atoms with Crippen molar-refractivity contribution < 1.29 is 0 Å². The highest BCUT2D eigenvalue weighted by Gasteiger charge is 2.00. The van der Waals surface area contributed by atoms with Gasteiger partial charge in [-0.25, -0.2) is 0 Å². The standard InChI is InChI=1S/C10H9N2O/c1-2-12-7-11-10(13)8-5-3-4-6-9(8)12/h2-7H,1H3. The first kappa shape index (κ1) is 7.98. The molecule has 1 heterocycles. The summed E-state index contributed by atoms with van der Waals surface area (Å²) < 4.78 is 1.83. The molecular formula is C10H9N2O. The molecule has 65 valence electrons. The highest BCUT2D eigenvalue weighted by atomic mass is 16.1. The maximum atomic E-state index is 11.3. The molecule has 0 aliphatic rings. The van der Waals surface area contributed by atoms with Crippen molar-refractivity contribution in [3.8, 4) is 0 Å². The fraction of sp³-hybridized carbons (Fsp3) is 0.100. The zero-order valence-corrected chi connectivity index (χ0v) is 7.27. The molecule has 0 N–H and O–H groups in total. The highest BCUT2D eigenvalue weighted by Crippen LogP contribution is 2.07. The summed E-state index contributed by atoms with van der Waals surface area (Å²) in [6.07, 6.45) is 1.53. The minimum atomic E-state index is -0.172. The molecule has 0 aliphatic carbocycles. The molecule has 0 amide bonds. The predicted molar refractivity (Wildman–Crippen MR) is 51.4 cm³/mol. The normalized spacial score (nSPS) is 10.5. The maximum absolute atomic E-state index is 11.3. The molecule has 0 unspecified atom stereocenters. The van der Waals surface area contributed by atoms with Gasteiger partial charge in [0.2, 0.25) is 0 Å². The number of aromatic nitrogens is 2. The lowest BCUT2D eigenvalue weighted by Gasteiger charge is -2.04. The van der Waals surface area contributed by atoms with Crippen molar-refractivity contribution in [1.29, 1.82) is 0 Å². The van der Waals surface area contributed by atoms with Crippen LogP contribution in [0.5, 0.6) is 0 Å². The van der Waals surface area contributed by atoms with Gasteiger partial charge in [-0.2, -0.15) is 4.98 Å². The number of hydrogen-bond donors (Lipinski definition) is 0. The van der Waals surface area contributed by atoms with Gasteiger partial charge in [-0.1, -0.05) is 12.1 Å². The minimum absolute atomic E-state index is 0.172. The zero-order valence-electron chi connectivity index (χ0n) is 7.27. The van der Waals surface area contributed by atoms with Crippen molar-refractivity contribution in [3.63, 3.8) is 0 Å². The summed E-state index contributed by atoms with van der Waals surface area (Å²) in [7, 11) is 0. The van der Waals surface area contributed by atoms with Crippen LogP contribution in [0.2, 0.25) is 0 Å². The van der Waals surface area contributed by atoms with Gasteiger partial charge in [-0.05, 0) is 19.1 Å². The quantitative estimate of drug-likeness (QED) is 0.653. The van der Waals surface area contributed by atoms with Crippen LogP contribution in [-0.4, -0.2) is 9.55 Å². The van der Waals surface area contributed by atoms with Crippen molar-refractivity contribution in [2.24, 2.45) is 0 Å². The molecule has 3 heteroatoms. The summed E-state index contributed by atoms with van der Waals surface area (Å²) in [6.45, 7) is 3.77. The summed E-state index contributed by atoms with van der Waals surface area (Å²) in [6, 6.07) is 7.43. The molecule has 1 radical (unpaired) electrons. The number of benzene rings is 1. The van der Waals surface area contributed by atoms with Gasteiger partial charge in [0.15, 0.2) is 0 Å². The van der Waals surface area contributed by atoms with E-state index in [2.05, 4.69) is 4.98 Å². The summed E-state index contributed by atoms with van der Waals surface area (Å²) in [4.78, 5) is 15.1. The smallest absolute Gasteiger partial charge is 0.280 e. The van der Waals surface area contributed by atoms with E-state index in [1.807, 2.05) is 36.2 Å². The molecular weight excluding hydrogens is 164 g/mol. The van der Waals surface area contributed by atoms with Gasteiger partial charge >= 0.3 is 0 Å². The van der Waals surface area contributed by atoms with E-state index in [9.17, 15) is 4.79 Å². The van der Waals surface area contributed by atoms with Crippen LogP contribution in [0.3, 0.4) is 0 Å². The number of fused-ring (bicyclic) bond motifs is 1. The molecule has 0 saturated heterocycles. The molecule has 0 bridgehead atoms. The topological polar surface area (TPSA) is 34.9 Å². The average Bonchev–Trinajstić information content (AvgIpc) is 2.19. The summed E-state index contributed by atoms with van der Waals surface area (Å²) in [5.41, 5.74) is 0.721. The van der Waals surface area contributed by atoms with Crippen LogP contribution < -0.4 is 5.56 Å². The van der Waals surface area contributed by atoms with E-state index in [0.717, 1.165) is 5.52 Å². The van der Waals surface area contributed by atoms with Crippen molar-refractivity contribution in [3.05, 3.63) is 47.5 Å². The third-order valence-electron chi connectivity index (χ3n) is 1.99. The third-order valence-corrected chi connectivity index (χ3v) is 1.99. The van der Waals surface area contributed by atoms with Gasteiger partial charge in [0.05, 0.1) is 23.8 Å². The lowest BCUT2D eigenvalue weighted by molar-refractivity contribution is 0.938. The minimum Gasteiger partial charge on any atom is -0.327 e. The Bertz CT molecular complexity index is 487. The predicted octanol–water partition coefficient (Wildman–Crippen LogP) is 1.43. The van der Waals surface area contributed by atoms with E-state index in [4.69, 9.17) is 0 Å². The molecule has 0 fully saturated rings. The largest absolute Gasteiger partial charge is 0.327 e. The lowest BCUT2D eigenvalue weighted by Crippen LogP contribution is -2.10. The average molecular weight is 173 g/mol. The number of hydrogen-bond acceptors (Lipinski definition) is 2.